The minimum Gasteiger partial charge on any atom is -0.308 e. The lowest BCUT2D eigenvalue weighted by molar-refractivity contribution is 0.306. The number of hydrogen-bond donors (Lipinski definition) is 1. The van der Waals surface area contributed by atoms with Gasteiger partial charge in [-0.3, -0.25) is 4.98 Å². The summed E-state index contributed by atoms with van der Waals surface area (Å²) < 4.78 is 0. The zero-order valence-electron chi connectivity index (χ0n) is 9.86. The first kappa shape index (κ1) is 13.5. The van der Waals surface area contributed by atoms with Gasteiger partial charge in [0.15, 0.2) is 0 Å². The van der Waals surface area contributed by atoms with Crippen LogP contribution in [-0.4, -0.2) is 11.0 Å². The van der Waals surface area contributed by atoms with E-state index in [0.717, 1.165) is 18.2 Å². The second-order valence-electron chi connectivity index (χ2n) is 4.66. The standard InChI is InChI=1S/C13H20N2.ClH/c1-11-5-7-12(8-6-11)15-10-13-4-2-3-9-14-13;/h2-4,9,11-12,15H,5-8,10H2,1H3;1H. The van der Waals surface area contributed by atoms with Gasteiger partial charge in [-0.05, 0) is 43.7 Å². The molecule has 90 valence electrons. The van der Waals surface area contributed by atoms with Gasteiger partial charge >= 0.3 is 0 Å². The predicted molar refractivity (Wildman–Crippen MR) is 69.7 cm³/mol. The molecule has 2 nitrogen and oxygen atoms in total. The van der Waals surface area contributed by atoms with Crippen molar-refractivity contribution in [1.82, 2.24) is 10.3 Å². The van der Waals surface area contributed by atoms with Gasteiger partial charge in [0.2, 0.25) is 0 Å². The Morgan fingerprint density at radius 3 is 2.62 bits per heavy atom. The van der Waals surface area contributed by atoms with Crippen molar-refractivity contribution in [3.05, 3.63) is 30.1 Å². The minimum atomic E-state index is 0. The Labute approximate surface area is 104 Å². The van der Waals surface area contributed by atoms with Crippen LogP contribution in [-0.2, 0) is 6.54 Å². The average Bonchev–Trinajstić information content (AvgIpc) is 2.30. The Morgan fingerprint density at radius 1 is 1.25 bits per heavy atom. The monoisotopic (exact) mass is 240 g/mol. The summed E-state index contributed by atoms with van der Waals surface area (Å²) in [6.07, 6.45) is 7.27. The van der Waals surface area contributed by atoms with Crippen LogP contribution < -0.4 is 5.32 Å². The lowest BCUT2D eigenvalue weighted by Gasteiger charge is -2.26. The first-order chi connectivity index (χ1) is 7.34. The lowest BCUT2D eigenvalue weighted by atomic mass is 9.87. The van der Waals surface area contributed by atoms with Gasteiger partial charge in [0.05, 0.1) is 5.69 Å². The van der Waals surface area contributed by atoms with E-state index in [9.17, 15) is 0 Å². The Balaban J connectivity index is 0.00000128. The van der Waals surface area contributed by atoms with E-state index in [1.54, 1.807) is 0 Å². The summed E-state index contributed by atoms with van der Waals surface area (Å²) in [6, 6.07) is 6.81. The molecular weight excluding hydrogens is 220 g/mol. The van der Waals surface area contributed by atoms with Gasteiger partial charge in [0, 0.05) is 18.8 Å². The van der Waals surface area contributed by atoms with Crippen molar-refractivity contribution < 1.29 is 0 Å². The summed E-state index contributed by atoms with van der Waals surface area (Å²) in [4.78, 5) is 4.32. The highest BCUT2D eigenvalue weighted by Crippen LogP contribution is 2.23. The van der Waals surface area contributed by atoms with Crippen molar-refractivity contribution in [2.45, 2.75) is 45.2 Å². The van der Waals surface area contributed by atoms with Crippen LogP contribution in [0.2, 0.25) is 0 Å². The van der Waals surface area contributed by atoms with E-state index >= 15 is 0 Å². The zero-order chi connectivity index (χ0) is 10.5. The van der Waals surface area contributed by atoms with Crippen molar-refractivity contribution in [1.29, 1.82) is 0 Å². The number of halogens is 1. The van der Waals surface area contributed by atoms with Crippen LogP contribution in [0.25, 0.3) is 0 Å². The smallest absolute Gasteiger partial charge is 0.0541 e. The average molecular weight is 241 g/mol. The molecular formula is C13H21ClN2. The molecule has 0 amide bonds. The summed E-state index contributed by atoms with van der Waals surface area (Å²) in [7, 11) is 0. The van der Waals surface area contributed by atoms with Crippen LogP contribution in [0.5, 0.6) is 0 Å². The van der Waals surface area contributed by atoms with Gasteiger partial charge in [-0.2, -0.15) is 0 Å². The molecule has 1 aromatic heterocycles. The molecule has 1 aliphatic carbocycles. The molecule has 1 fully saturated rings. The molecule has 0 radical (unpaired) electrons. The lowest BCUT2D eigenvalue weighted by Crippen LogP contribution is -2.32. The van der Waals surface area contributed by atoms with Gasteiger partial charge in [-0.1, -0.05) is 13.0 Å². The normalized spacial score (nSPS) is 24.8. The number of pyridine rings is 1. The van der Waals surface area contributed by atoms with Crippen LogP contribution in [0, 0.1) is 5.92 Å². The van der Waals surface area contributed by atoms with Crippen molar-refractivity contribution in [3.63, 3.8) is 0 Å². The quantitative estimate of drug-likeness (QED) is 0.878. The van der Waals surface area contributed by atoms with Crippen LogP contribution in [0.15, 0.2) is 24.4 Å². The molecule has 16 heavy (non-hydrogen) atoms. The molecule has 0 spiro atoms. The Morgan fingerprint density at radius 2 is 2.00 bits per heavy atom. The Kier molecular flexibility index (Phi) is 5.78. The largest absolute Gasteiger partial charge is 0.308 e. The van der Waals surface area contributed by atoms with Crippen molar-refractivity contribution in [3.8, 4) is 0 Å². The molecule has 1 saturated carbocycles. The third-order valence-electron chi connectivity index (χ3n) is 3.31. The maximum atomic E-state index is 4.32. The fraction of sp³-hybridized carbons (Fsp3) is 0.615. The number of hydrogen-bond acceptors (Lipinski definition) is 2. The molecule has 1 aliphatic rings. The second-order valence-corrected chi connectivity index (χ2v) is 4.66. The highest BCUT2D eigenvalue weighted by molar-refractivity contribution is 5.85. The Bertz CT molecular complexity index is 281. The first-order valence-corrected chi connectivity index (χ1v) is 5.98. The first-order valence-electron chi connectivity index (χ1n) is 5.98. The number of rotatable bonds is 3. The molecule has 0 bridgehead atoms. The molecule has 0 unspecified atom stereocenters. The predicted octanol–water partition coefficient (Wildman–Crippen LogP) is 3.17. The van der Waals surface area contributed by atoms with Gasteiger partial charge < -0.3 is 5.32 Å². The zero-order valence-corrected chi connectivity index (χ0v) is 10.7. The summed E-state index contributed by atoms with van der Waals surface area (Å²) in [5.74, 6) is 0.929. The molecule has 3 heteroatoms. The molecule has 0 aromatic carbocycles. The van der Waals surface area contributed by atoms with E-state index in [4.69, 9.17) is 0 Å². The molecule has 0 saturated heterocycles. The summed E-state index contributed by atoms with van der Waals surface area (Å²) in [6.45, 7) is 3.27. The number of aromatic nitrogens is 1. The topological polar surface area (TPSA) is 24.9 Å². The van der Waals surface area contributed by atoms with Crippen LogP contribution >= 0.6 is 12.4 Å². The maximum absolute atomic E-state index is 4.32. The van der Waals surface area contributed by atoms with E-state index < -0.39 is 0 Å². The molecule has 1 N–H and O–H groups in total. The molecule has 1 heterocycles. The minimum absolute atomic E-state index is 0. The van der Waals surface area contributed by atoms with Gasteiger partial charge in [0.1, 0.15) is 0 Å². The SMILES string of the molecule is CC1CCC(NCc2ccccn2)CC1.Cl. The van der Waals surface area contributed by atoms with Crippen LogP contribution in [0.3, 0.4) is 0 Å². The van der Waals surface area contributed by atoms with Gasteiger partial charge in [-0.25, -0.2) is 0 Å². The van der Waals surface area contributed by atoms with Crippen LogP contribution in [0.1, 0.15) is 38.3 Å². The van der Waals surface area contributed by atoms with E-state index in [-0.39, 0.29) is 12.4 Å². The summed E-state index contributed by atoms with van der Waals surface area (Å²) in [5.41, 5.74) is 1.15. The Hall–Kier alpha value is -0.600. The van der Waals surface area contributed by atoms with Gasteiger partial charge in [-0.15, -0.1) is 12.4 Å². The van der Waals surface area contributed by atoms with Gasteiger partial charge in [0.25, 0.3) is 0 Å². The van der Waals surface area contributed by atoms with Crippen molar-refractivity contribution in [2.24, 2.45) is 5.92 Å². The van der Waals surface area contributed by atoms with Crippen molar-refractivity contribution >= 4 is 12.4 Å². The maximum Gasteiger partial charge on any atom is 0.0541 e. The highest BCUT2D eigenvalue weighted by Gasteiger charge is 2.17. The number of nitrogens with one attached hydrogen (secondary N) is 1. The third kappa shape index (κ3) is 4.11. The number of nitrogens with zero attached hydrogens (tertiary/aromatic N) is 1. The van der Waals surface area contributed by atoms with E-state index in [1.165, 1.54) is 25.7 Å². The van der Waals surface area contributed by atoms with Crippen molar-refractivity contribution in [2.75, 3.05) is 0 Å². The van der Waals surface area contributed by atoms with E-state index in [0.29, 0.717) is 6.04 Å². The fourth-order valence-electron chi connectivity index (χ4n) is 2.22. The third-order valence-corrected chi connectivity index (χ3v) is 3.31. The highest BCUT2D eigenvalue weighted by atomic mass is 35.5. The summed E-state index contributed by atoms with van der Waals surface area (Å²) >= 11 is 0. The molecule has 0 atom stereocenters. The van der Waals surface area contributed by atoms with Crippen LogP contribution in [0.4, 0.5) is 0 Å². The van der Waals surface area contributed by atoms with E-state index in [2.05, 4.69) is 23.3 Å². The molecule has 1 aromatic rings. The second kappa shape index (κ2) is 6.87. The molecule has 2 rings (SSSR count). The van der Waals surface area contributed by atoms with E-state index in [1.807, 2.05) is 18.3 Å². The summed E-state index contributed by atoms with van der Waals surface area (Å²) in [5, 5.41) is 3.60. The molecule has 0 aliphatic heterocycles. The fourth-order valence-corrected chi connectivity index (χ4v) is 2.22.